The molecule has 5 nitrogen and oxygen atoms in total. The van der Waals surface area contributed by atoms with Gasteiger partial charge in [0.2, 0.25) is 11.7 Å². The van der Waals surface area contributed by atoms with Crippen molar-refractivity contribution in [3.63, 3.8) is 0 Å². The first-order chi connectivity index (χ1) is 9.33. The number of hydrogen-bond acceptors (Lipinski definition) is 5. The van der Waals surface area contributed by atoms with Crippen molar-refractivity contribution in [1.29, 1.82) is 0 Å². The number of rotatable bonds is 7. The van der Waals surface area contributed by atoms with Crippen molar-refractivity contribution < 1.29 is 9.26 Å². The average molecular weight is 261 g/mol. The van der Waals surface area contributed by atoms with E-state index in [1.54, 1.807) is 0 Å². The lowest BCUT2D eigenvalue weighted by molar-refractivity contribution is 0.340. The molecule has 2 aromatic rings. The van der Waals surface area contributed by atoms with Gasteiger partial charge in [-0.2, -0.15) is 4.98 Å². The third kappa shape index (κ3) is 3.79. The molecule has 102 valence electrons. The fourth-order valence-electron chi connectivity index (χ4n) is 1.74. The molecule has 0 fully saturated rings. The maximum atomic E-state index is 5.46. The van der Waals surface area contributed by atoms with Crippen LogP contribution >= 0.6 is 0 Å². The van der Waals surface area contributed by atoms with Gasteiger partial charge in [0.15, 0.2) is 0 Å². The summed E-state index contributed by atoms with van der Waals surface area (Å²) in [6.07, 6.45) is 0.742. The van der Waals surface area contributed by atoms with E-state index in [0.29, 0.717) is 18.3 Å². The minimum atomic E-state index is 0.605. The maximum absolute atomic E-state index is 5.46. The van der Waals surface area contributed by atoms with Gasteiger partial charge in [-0.15, -0.1) is 0 Å². The van der Waals surface area contributed by atoms with Crippen molar-refractivity contribution in [2.24, 2.45) is 0 Å². The van der Waals surface area contributed by atoms with Gasteiger partial charge in [0.05, 0.1) is 6.61 Å². The number of hydrogen-bond donors (Lipinski definition) is 1. The van der Waals surface area contributed by atoms with Crippen LogP contribution in [0.25, 0.3) is 11.4 Å². The van der Waals surface area contributed by atoms with Crippen LogP contribution in [-0.2, 0) is 6.42 Å². The highest BCUT2D eigenvalue weighted by Gasteiger charge is 2.08. The molecule has 1 N–H and O–H groups in total. The molecule has 0 atom stereocenters. The van der Waals surface area contributed by atoms with Gasteiger partial charge in [0, 0.05) is 18.5 Å². The number of nitrogens with zero attached hydrogens (tertiary/aromatic N) is 2. The number of ether oxygens (including phenoxy) is 1. The van der Waals surface area contributed by atoms with Gasteiger partial charge in [-0.3, -0.25) is 0 Å². The first-order valence-corrected chi connectivity index (χ1v) is 6.60. The molecule has 0 radical (unpaired) electrons. The first kappa shape index (κ1) is 13.5. The van der Waals surface area contributed by atoms with Gasteiger partial charge in [0.1, 0.15) is 5.75 Å². The summed E-state index contributed by atoms with van der Waals surface area (Å²) in [6, 6.07) is 7.71. The predicted octanol–water partition coefficient (Wildman–Crippen LogP) is 2.29. The van der Waals surface area contributed by atoms with Crippen LogP contribution in [0.4, 0.5) is 0 Å². The van der Waals surface area contributed by atoms with Crippen LogP contribution in [0.15, 0.2) is 28.8 Å². The summed E-state index contributed by atoms with van der Waals surface area (Å²) in [5.74, 6) is 2.07. The van der Waals surface area contributed by atoms with E-state index in [1.807, 2.05) is 31.2 Å². The Kier molecular flexibility index (Phi) is 4.92. The van der Waals surface area contributed by atoms with Gasteiger partial charge < -0.3 is 14.6 Å². The highest BCUT2D eigenvalue weighted by atomic mass is 16.5. The molecule has 0 unspecified atom stereocenters. The number of aromatic nitrogens is 2. The summed E-state index contributed by atoms with van der Waals surface area (Å²) >= 11 is 0. The van der Waals surface area contributed by atoms with Crippen LogP contribution in [-0.4, -0.2) is 29.8 Å². The molecule has 0 spiro atoms. The SMILES string of the molecule is CCNCCc1nc(-c2cccc(OCC)c2)no1. The second-order valence-corrected chi connectivity index (χ2v) is 4.08. The topological polar surface area (TPSA) is 60.2 Å². The van der Waals surface area contributed by atoms with Crippen molar-refractivity contribution in [3.8, 4) is 17.1 Å². The van der Waals surface area contributed by atoms with Crippen LogP contribution in [0.2, 0.25) is 0 Å². The zero-order valence-electron chi connectivity index (χ0n) is 11.3. The molecule has 2 rings (SSSR count). The molecule has 0 aliphatic carbocycles. The smallest absolute Gasteiger partial charge is 0.228 e. The summed E-state index contributed by atoms with van der Waals surface area (Å²) in [5, 5.41) is 7.22. The Morgan fingerprint density at radius 3 is 3.00 bits per heavy atom. The lowest BCUT2D eigenvalue weighted by atomic mass is 10.2. The summed E-state index contributed by atoms with van der Waals surface area (Å²) < 4.78 is 10.7. The normalized spacial score (nSPS) is 10.6. The van der Waals surface area contributed by atoms with Crippen molar-refractivity contribution in [2.45, 2.75) is 20.3 Å². The quantitative estimate of drug-likeness (QED) is 0.775. The van der Waals surface area contributed by atoms with E-state index in [9.17, 15) is 0 Å². The molecular weight excluding hydrogens is 242 g/mol. The lowest BCUT2D eigenvalue weighted by Crippen LogP contribution is -2.16. The van der Waals surface area contributed by atoms with Crippen LogP contribution in [0.1, 0.15) is 19.7 Å². The van der Waals surface area contributed by atoms with Gasteiger partial charge in [-0.1, -0.05) is 24.2 Å². The Morgan fingerprint density at radius 1 is 1.32 bits per heavy atom. The van der Waals surface area contributed by atoms with E-state index in [-0.39, 0.29) is 0 Å². The Balaban J connectivity index is 2.07. The highest BCUT2D eigenvalue weighted by Crippen LogP contribution is 2.21. The van der Waals surface area contributed by atoms with Crippen molar-refractivity contribution >= 4 is 0 Å². The average Bonchev–Trinajstić information content (AvgIpc) is 2.89. The molecule has 19 heavy (non-hydrogen) atoms. The molecule has 5 heteroatoms. The highest BCUT2D eigenvalue weighted by molar-refractivity contribution is 5.56. The lowest BCUT2D eigenvalue weighted by Gasteiger charge is -2.02. The second-order valence-electron chi connectivity index (χ2n) is 4.08. The minimum absolute atomic E-state index is 0.605. The fourth-order valence-corrected chi connectivity index (χ4v) is 1.74. The Hall–Kier alpha value is -1.88. The molecule has 0 aliphatic heterocycles. The van der Waals surface area contributed by atoms with E-state index >= 15 is 0 Å². The van der Waals surface area contributed by atoms with E-state index in [0.717, 1.165) is 30.8 Å². The van der Waals surface area contributed by atoms with E-state index < -0.39 is 0 Å². The Bertz CT molecular complexity index is 511. The van der Waals surface area contributed by atoms with Crippen molar-refractivity contribution in [3.05, 3.63) is 30.2 Å². The van der Waals surface area contributed by atoms with Gasteiger partial charge in [-0.05, 0) is 25.6 Å². The molecule has 1 heterocycles. The molecule has 0 saturated heterocycles. The molecule has 0 saturated carbocycles. The predicted molar refractivity (Wildman–Crippen MR) is 73.2 cm³/mol. The zero-order chi connectivity index (χ0) is 13.5. The zero-order valence-corrected chi connectivity index (χ0v) is 11.3. The van der Waals surface area contributed by atoms with Crippen molar-refractivity contribution in [1.82, 2.24) is 15.5 Å². The second kappa shape index (κ2) is 6.89. The largest absolute Gasteiger partial charge is 0.494 e. The summed E-state index contributed by atoms with van der Waals surface area (Å²) in [5.41, 5.74) is 0.907. The van der Waals surface area contributed by atoms with E-state index in [4.69, 9.17) is 9.26 Å². The molecule has 1 aromatic heterocycles. The Morgan fingerprint density at radius 2 is 2.21 bits per heavy atom. The van der Waals surface area contributed by atoms with Crippen LogP contribution < -0.4 is 10.1 Å². The number of nitrogens with one attached hydrogen (secondary N) is 1. The number of likely N-dealkylation sites (N-methyl/N-ethyl adjacent to an activating group) is 1. The standard InChI is InChI=1S/C14H19N3O2/c1-3-15-9-8-13-16-14(17-19-13)11-6-5-7-12(10-11)18-4-2/h5-7,10,15H,3-4,8-9H2,1-2H3. The monoisotopic (exact) mass is 261 g/mol. The third-order valence-electron chi connectivity index (χ3n) is 2.64. The van der Waals surface area contributed by atoms with Crippen molar-refractivity contribution in [2.75, 3.05) is 19.7 Å². The molecule has 1 aromatic carbocycles. The van der Waals surface area contributed by atoms with Gasteiger partial charge in [0.25, 0.3) is 0 Å². The fraction of sp³-hybridized carbons (Fsp3) is 0.429. The summed E-state index contributed by atoms with van der Waals surface area (Å²) in [4.78, 5) is 4.38. The maximum Gasteiger partial charge on any atom is 0.228 e. The molecule has 0 bridgehead atoms. The summed E-state index contributed by atoms with van der Waals surface area (Å²) in [6.45, 7) is 6.45. The van der Waals surface area contributed by atoms with E-state index in [2.05, 4.69) is 22.4 Å². The van der Waals surface area contributed by atoms with Gasteiger partial charge >= 0.3 is 0 Å². The van der Waals surface area contributed by atoms with Crippen LogP contribution in [0.5, 0.6) is 5.75 Å². The molecular formula is C14H19N3O2. The molecule has 0 aliphatic rings. The summed E-state index contributed by atoms with van der Waals surface area (Å²) in [7, 11) is 0. The Labute approximate surface area is 113 Å². The van der Waals surface area contributed by atoms with E-state index in [1.165, 1.54) is 0 Å². The van der Waals surface area contributed by atoms with Gasteiger partial charge in [-0.25, -0.2) is 0 Å². The molecule has 0 amide bonds. The first-order valence-electron chi connectivity index (χ1n) is 6.60. The van der Waals surface area contributed by atoms with Crippen LogP contribution in [0.3, 0.4) is 0 Å². The minimum Gasteiger partial charge on any atom is -0.494 e. The third-order valence-corrected chi connectivity index (χ3v) is 2.64. The van der Waals surface area contributed by atoms with Crippen LogP contribution in [0, 0.1) is 0 Å². The number of benzene rings is 1.